The van der Waals surface area contributed by atoms with Gasteiger partial charge in [0.2, 0.25) is 0 Å². The number of benzene rings is 1. The Hall–Kier alpha value is -1.52. The van der Waals surface area contributed by atoms with Crippen LogP contribution < -0.4 is 0 Å². The topological polar surface area (TPSA) is 43.1 Å². The van der Waals surface area contributed by atoms with Crippen LogP contribution in [-0.4, -0.2) is 4.92 Å². The van der Waals surface area contributed by atoms with E-state index < -0.39 is 22.2 Å². The van der Waals surface area contributed by atoms with Gasteiger partial charge in [0.15, 0.2) is 0 Å². The second-order valence-electron chi connectivity index (χ2n) is 7.56. The van der Waals surface area contributed by atoms with E-state index in [1.54, 1.807) is 0 Å². The van der Waals surface area contributed by atoms with Gasteiger partial charge in [-0.25, -0.2) is 8.78 Å². The summed E-state index contributed by atoms with van der Waals surface area (Å²) in [6, 6.07) is 1.66. The normalized spacial score (nSPS) is 13.1. The van der Waals surface area contributed by atoms with Crippen molar-refractivity contribution in [3.8, 4) is 0 Å². The first kappa shape index (κ1) is 20.5. The molecule has 0 saturated carbocycles. The van der Waals surface area contributed by atoms with Crippen LogP contribution in [0.2, 0.25) is 0 Å². The Morgan fingerprint density at radius 2 is 1.54 bits per heavy atom. The molecule has 0 aliphatic heterocycles. The zero-order valence-corrected chi connectivity index (χ0v) is 15.2. The standard InChI is InChI=1S/C19H29F2NO2/c1-5-6-7-8-9-10-11-15(19(2,3)4)18-16(20)12-14(22(23)24)13-17(18)21/h12-13,15H,5-11H2,1-4H3. The predicted molar refractivity (Wildman–Crippen MR) is 93.2 cm³/mol. The lowest BCUT2D eigenvalue weighted by Gasteiger charge is -2.31. The molecule has 0 bridgehead atoms. The van der Waals surface area contributed by atoms with Crippen molar-refractivity contribution in [3.63, 3.8) is 0 Å². The molecule has 1 rings (SSSR count). The SMILES string of the molecule is CCCCCCCCC(c1c(F)cc([N+](=O)[O-])cc1F)C(C)(C)C. The van der Waals surface area contributed by atoms with Gasteiger partial charge < -0.3 is 0 Å². The third-order valence-electron chi connectivity index (χ3n) is 4.51. The first-order valence-electron chi connectivity index (χ1n) is 8.81. The van der Waals surface area contributed by atoms with E-state index in [1.165, 1.54) is 19.3 Å². The molecular formula is C19H29F2NO2. The van der Waals surface area contributed by atoms with Crippen molar-refractivity contribution in [2.24, 2.45) is 5.41 Å². The highest BCUT2D eigenvalue weighted by atomic mass is 19.1. The second kappa shape index (κ2) is 9.09. The van der Waals surface area contributed by atoms with Crippen molar-refractivity contribution in [2.45, 2.75) is 78.6 Å². The minimum atomic E-state index is -0.812. The Morgan fingerprint density at radius 3 is 2.00 bits per heavy atom. The van der Waals surface area contributed by atoms with E-state index in [9.17, 15) is 18.9 Å². The van der Waals surface area contributed by atoms with Gasteiger partial charge in [-0.15, -0.1) is 0 Å². The molecule has 136 valence electrons. The summed E-state index contributed by atoms with van der Waals surface area (Å²) in [4.78, 5) is 9.98. The fraction of sp³-hybridized carbons (Fsp3) is 0.684. The summed E-state index contributed by atoms with van der Waals surface area (Å²) in [6.45, 7) is 8.02. The van der Waals surface area contributed by atoms with E-state index in [0.29, 0.717) is 6.42 Å². The van der Waals surface area contributed by atoms with Crippen LogP contribution in [0.25, 0.3) is 0 Å². The molecule has 0 fully saturated rings. The van der Waals surface area contributed by atoms with Crippen LogP contribution in [0.15, 0.2) is 12.1 Å². The van der Waals surface area contributed by atoms with Gasteiger partial charge in [-0.1, -0.05) is 66.2 Å². The Kier molecular flexibility index (Phi) is 7.77. The predicted octanol–water partition coefficient (Wildman–Crippen LogP) is 6.75. The van der Waals surface area contributed by atoms with Crippen LogP contribution in [0.1, 0.15) is 84.1 Å². The average molecular weight is 341 g/mol. The van der Waals surface area contributed by atoms with Crippen LogP contribution in [0.5, 0.6) is 0 Å². The Morgan fingerprint density at radius 1 is 1.04 bits per heavy atom. The molecule has 0 amide bonds. The zero-order chi connectivity index (χ0) is 18.3. The third kappa shape index (κ3) is 5.84. The van der Waals surface area contributed by atoms with Gasteiger partial charge in [0.05, 0.1) is 17.1 Å². The van der Waals surface area contributed by atoms with Crippen molar-refractivity contribution in [2.75, 3.05) is 0 Å². The molecule has 24 heavy (non-hydrogen) atoms. The third-order valence-corrected chi connectivity index (χ3v) is 4.51. The number of hydrogen-bond donors (Lipinski definition) is 0. The molecule has 0 aromatic heterocycles. The van der Waals surface area contributed by atoms with Crippen molar-refractivity contribution < 1.29 is 13.7 Å². The number of rotatable bonds is 9. The molecule has 0 spiro atoms. The Labute approximate surface area is 143 Å². The van der Waals surface area contributed by atoms with Crippen LogP contribution >= 0.6 is 0 Å². The number of nitro benzene ring substituents is 1. The molecule has 1 aromatic carbocycles. The van der Waals surface area contributed by atoms with Crippen LogP contribution in [0, 0.1) is 27.2 Å². The number of non-ortho nitro benzene ring substituents is 1. The van der Waals surface area contributed by atoms with Gasteiger partial charge in [0, 0.05) is 5.56 Å². The first-order chi connectivity index (χ1) is 11.2. The highest BCUT2D eigenvalue weighted by Crippen LogP contribution is 2.42. The van der Waals surface area contributed by atoms with Crippen molar-refractivity contribution in [3.05, 3.63) is 39.4 Å². The van der Waals surface area contributed by atoms with Crippen LogP contribution in [-0.2, 0) is 0 Å². The maximum atomic E-state index is 14.4. The van der Waals surface area contributed by atoms with Crippen molar-refractivity contribution in [1.82, 2.24) is 0 Å². The number of halogens is 2. The number of nitrogens with zero attached hydrogens (tertiary/aromatic N) is 1. The van der Waals surface area contributed by atoms with Crippen molar-refractivity contribution in [1.29, 1.82) is 0 Å². The smallest absolute Gasteiger partial charge is 0.258 e. The van der Waals surface area contributed by atoms with Gasteiger partial charge in [-0.3, -0.25) is 10.1 Å². The minimum Gasteiger partial charge on any atom is -0.258 e. The van der Waals surface area contributed by atoms with Gasteiger partial charge in [-0.05, 0) is 17.8 Å². The van der Waals surface area contributed by atoms with Gasteiger partial charge >= 0.3 is 0 Å². The molecule has 0 saturated heterocycles. The fourth-order valence-corrected chi connectivity index (χ4v) is 3.15. The summed E-state index contributed by atoms with van der Waals surface area (Å²) in [7, 11) is 0. The molecule has 1 aromatic rings. The summed E-state index contributed by atoms with van der Waals surface area (Å²) in [6.07, 6.45) is 7.36. The largest absolute Gasteiger partial charge is 0.275 e. The lowest BCUT2D eigenvalue weighted by atomic mass is 9.73. The van der Waals surface area contributed by atoms with E-state index in [2.05, 4.69) is 6.92 Å². The molecule has 0 aliphatic carbocycles. The number of unbranched alkanes of at least 4 members (excludes halogenated alkanes) is 5. The zero-order valence-electron chi connectivity index (χ0n) is 15.2. The molecule has 0 N–H and O–H groups in total. The number of nitro groups is 1. The van der Waals surface area contributed by atoms with Gasteiger partial charge in [0.1, 0.15) is 11.6 Å². The lowest BCUT2D eigenvalue weighted by molar-refractivity contribution is -0.385. The first-order valence-corrected chi connectivity index (χ1v) is 8.81. The highest BCUT2D eigenvalue weighted by Gasteiger charge is 2.32. The Balaban J connectivity index is 2.91. The monoisotopic (exact) mass is 341 g/mol. The quantitative estimate of drug-likeness (QED) is 0.283. The molecule has 1 unspecified atom stereocenters. The minimum absolute atomic E-state index is 0.0124. The number of hydrogen-bond acceptors (Lipinski definition) is 2. The van der Waals surface area contributed by atoms with E-state index in [4.69, 9.17) is 0 Å². The summed E-state index contributed by atoms with van der Waals surface area (Å²) < 4.78 is 28.8. The van der Waals surface area contributed by atoms with Crippen LogP contribution in [0.4, 0.5) is 14.5 Å². The molecule has 0 radical (unpaired) electrons. The highest BCUT2D eigenvalue weighted by molar-refractivity contribution is 5.37. The maximum absolute atomic E-state index is 14.4. The van der Waals surface area contributed by atoms with E-state index in [-0.39, 0.29) is 16.9 Å². The van der Waals surface area contributed by atoms with Gasteiger partial charge in [0.25, 0.3) is 5.69 Å². The maximum Gasteiger partial charge on any atom is 0.275 e. The average Bonchev–Trinajstić information content (AvgIpc) is 2.46. The fourth-order valence-electron chi connectivity index (χ4n) is 3.15. The summed E-state index contributed by atoms with van der Waals surface area (Å²) in [5, 5.41) is 10.8. The van der Waals surface area contributed by atoms with E-state index in [1.807, 2.05) is 20.8 Å². The molecular weight excluding hydrogens is 312 g/mol. The summed E-state index contributed by atoms with van der Waals surface area (Å²) in [5.41, 5.74) is -0.871. The van der Waals surface area contributed by atoms with E-state index >= 15 is 0 Å². The van der Waals surface area contributed by atoms with Crippen molar-refractivity contribution >= 4 is 5.69 Å². The molecule has 0 aliphatic rings. The molecule has 5 heteroatoms. The molecule has 0 heterocycles. The summed E-state index contributed by atoms with van der Waals surface area (Å²) >= 11 is 0. The van der Waals surface area contributed by atoms with Gasteiger partial charge in [-0.2, -0.15) is 0 Å². The van der Waals surface area contributed by atoms with Crippen LogP contribution in [0.3, 0.4) is 0 Å². The molecule has 3 nitrogen and oxygen atoms in total. The molecule has 1 atom stereocenters. The Bertz CT molecular complexity index is 530. The lowest BCUT2D eigenvalue weighted by Crippen LogP contribution is -2.21. The summed E-state index contributed by atoms with van der Waals surface area (Å²) in [5.74, 6) is -1.93. The van der Waals surface area contributed by atoms with E-state index in [0.717, 1.165) is 31.4 Å². The second-order valence-corrected chi connectivity index (χ2v) is 7.56.